The maximum absolute atomic E-state index is 11.1. The van der Waals surface area contributed by atoms with Crippen molar-refractivity contribution in [1.82, 2.24) is 4.13 Å². The summed E-state index contributed by atoms with van der Waals surface area (Å²) in [4.78, 5) is 0. The second kappa shape index (κ2) is 3.93. The van der Waals surface area contributed by atoms with E-state index >= 15 is 0 Å². The molecule has 0 aliphatic heterocycles. The SMILES string of the molecule is O=S(=O)(F)NS(=O)(=O)F.[Na]. The summed E-state index contributed by atoms with van der Waals surface area (Å²) in [7, 11) is -11.0. The molecule has 0 heterocycles. The van der Waals surface area contributed by atoms with E-state index in [9.17, 15) is 24.6 Å². The van der Waals surface area contributed by atoms with Crippen molar-refractivity contribution in [3.8, 4) is 0 Å². The second-order valence-corrected chi connectivity index (χ2v) is 3.38. The molecule has 10 heteroatoms. The second-order valence-electron chi connectivity index (χ2n) is 0.959. The first-order valence-electron chi connectivity index (χ1n) is 1.38. The molecule has 0 spiro atoms. The third-order valence-corrected chi connectivity index (χ3v) is 1.79. The van der Waals surface area contributed by atoms with Crippen LogP contribution in [0.3, 0.4) is 0 Å². The molecular formula is HF2NNaO4S2. The fourth-order valence-corrected chi connectivity index (χ4v) is 1.07. The zero-order chi connectivity index (χ0) is 7.71. The van der Waals surface area contributed by atoms with Crippen molar-refractivity contribution in [2.45, 2.75) is 0 Å². The number of nitrogens with one attached hydrogen (secondary N) is 1. The summed E-state index contributed by atoms with van der Waals surface area (Å²) in [6.45, 7) is 0. The molecule has 0 aromatic rings. The Kier molecular flexibility index (Phi) is 5.23. The standard InChI is InChI=1S/F2HNO4S2.Na/c1-8(4,5)3-9(2,6)7;/h3H;. The quantitative estimate of drug-likeness (QED) is 0.444. The molecule has 0 saturated heterocycles. The van der Waals surface area contributed by atoms with Gasteiger partial charge < -0.3 is 0 Å². The summed E-state index contributed by atoms with van der Waals surface area (Å²) < 4.78 is 59.3. The maximum Gasteiger partial charge on any atom is 0.387 e. The zero-order valence-electron chi connectivity index (χ0n) is 4.71. The maximum atomic E-state index is 11.1. The summed E-state index contributed by atoms with van der Waals surface area (Å²) in [6, 6.07) is 0. The van der Waals surface area contributed by atoms with E-state index < -0.39 is 20.8 Å². The van der Waals surface area contributed by atoms with Gasteiger partial charge in [0.25, 0.3) is 0 Å². The Hall–Kier alpha value is 0.720. The predicted octanol–water partition coefficient (Wildman–Crippen LogP) is -1.38. The van der Waals surface area contributed by atoms with Crippen LogP contribution in [0.15, 0.2) is 0 Å². The topological polar surface area (TPSA) is 80.3 Å². The van der Waals surface area contributed by atoms with Gasteiger partial charge in [0.05, 0.1) is 0 Å². The van der Waals surface area contributed by atoms with Crippen molar-refractivity contribution >= 4 is 50.4 Å². The number of hydrogen-bond donors (Lipinski definition) is 1. The molecule has 0 unspecified atom stereocenters. The van der Waals surface area contributed by atoms with Crippen LogP contribution in [-0.2, 0) is 20.8 Å². The Balaban J connectivity index is 0. The number of hydrogen-bond acceptors (Lipinski definition) is 4. The fourth-order valence-electron chi connectivity index (χ4n) is 0.119. The summed E-state index contributed by atoms with van der Waals surface area (Å²) in [5, 5.41) is 0. The molecule has 0 saturated carbocycles. The minimum atomic E-state index is -5.49. The Morgan fingerprint density at radius 3 is 1.10 bits per heavy atom. The molecule has 57 valence electrons. The molecule has 1 N–H and O–H groups in total. The normalized spacial score (nSPS) is 12.2. The van der Waals surface area contributed by atoms with E-state index in [0.717, 1.165) is 0 Å². The average Bonchev–Trinajstić information content (AvgIpc) is 1.14. The molecule has 1 radical (unpaired) electrons. The molecule has 0 atom stereocenters. The first kappa shape index (κ1) is 13.3. The largest absolute Gasteiger partial charge is 0.387 e. The molecule has 0 bridgehead atoms. The predicted molar refractivity (Wildman–Crippen MR) is 28.9 cm³/mol. The van der Waals surface area contributed by atoms with Gasteiger partial charge in [-0.25, -0.2) is 0 Å². The van der Waals surface area contributed by atoms with E-state index in [1.54, 1.807) is 0 Å². The molecule has 0 amide bonds. The van der Waals surface area contributed by atoms with Gasteiger partial charge in [0.2, 0.25) is 0 Å². The van der Waals surface area contributed by atoms with Crippen molar-refractivity contribution in [2.75, 3.05) is 0 Å². The van der Waals surface area contributed by atoms with Crippen LogP contribution in [-0.4, -0.2) is 46.4 Å². The van der Waals surface area contributed by atoms with E-state index in [-0.39, 0.29) is 33.7 Å². The van der Waals surface area contributed by atoms with E-state index in [2.05, 4.69) is 0 Å². The zero-order valence-corrected chi connectivity index (χ0v) is 8.34. The van der Waals surface area contributed by atoms with Crippen LogP contribution in [0.4, 0.5) is 7.77 Å². The van der Waals surface area contributed by atoms with Gasteiger partial charge in [-0.3, -0.25) is 0 Å². The van der Waals surface area contributed by atoms with Crippen LogP contribution < -0.4 is 4.13 Å². The van der Waals surface area contributed by atoms with E-state index in [4.69, 9.17) is 0 Å². The van der Waals surface area contributed by atoms with Crippen molar-refractivity contribution in [2.24, 2.45) is 0 Å². The van der Waals surface area contributed by atoms with Crippen molar-refractivity contribution in [1.29, 1.82) is 0 Å². The average molecular weight is 204 g/mol. The summed E-state index contributed by atoms with van der Waals surface area (Å²) in [5.41, 5.74) is 0. The fraction of sp³-hybridized carbons (Fsp3) is 0. The minimum absolute atomic E-state index is 0. The van der Waals surface area contributed by atoms with Crippen LogP contribution in [0.25, 0.3) is 0 Å². The Morgan fingerprint density at radius 1 is 0.900 bits per heavy atom. The van der Waals surface area contributed by atoms with Crippen LogP contribution in [0.1, 0.15) is 0 Å². The number of halogens is 2. The molecule has 10 heavy (non-hydrogen) atoms. The molecule has 0 rings (SSSR count). The molecule has 0 aromatic heterocycles. The monoisotopic (exact) mass is 204 g/mol. The third kappa shape index (κ3) is 11.5. The van der Waals surface area contributed by atoms with E-state index in [0.29, 0.717) is 0 Å². The van der Waals surface area contributed by atoms with Crippen LogP contribution in [0, 0.1) is 0 Å². The molecule has 0 aromatic carbocycles. The Labute approximate surface area is 78.8 Å². The van der Waals surface area contributed by atoms with Crippen molar-refractivity contribution < 1.29 is 24.6 Å². The third-order valence-electron chi connectivity index (χ3n) is 0.199. The van der Waals surface area contributed by atoms with Crippen LogP contribution >= 0.6 is 0 Å². The first-order valence-corrected chi connectivity index (χ1v) is 4.15. The van der Waals surface area contributed by atoms with Crippen LogP contribution in [0.5, 0.6) is 0 Å². The van der Waals surface area contributed by atoms with Gasteiger partial charge in [-0.2, -0.15) is 16.8 Å². The van der Waals surface area contributed by atoms with Crippen molar-refractivity contribution in [3.05, 3.63) is 0 Å². The van der Waals surface area contributed by atoms with Gasteiger partial charge in [0.15, 0.2) is 0 Å². The van der Waals surface area contributed by atoms with Gasteiger partial charge in [-0.15, -0.1) is 0 Å². The van der Waals surface area contributed by atoms with Gasteiger partial charge in [-0.1, -0.05) is 11.9 Å². The Bertz CT molecular complexity index is 246. The molecular weight excluding hydrogens is 203 g/mol. The van der Waals surface area contributed by atoms with Gasteiger partial charge in [0.1, 0.15) is 0 Å². The first-order chi connectivity index (χ1) is 3.71. The van der Waals surface area contributed by atoms with Gasteiger partial charge in [-0.05, 0) is 0 Å². The van der Waals surface area contributed by atoms with Crippen LogP contribution in [0.2, 0.25) is 0 Å². The van der Waals surface area contributed by atoms with Gasteiger partial charge in [0, 0.05) is 29.6 Å². The minimum Gasteiger partial charge on any atom is -0.176 e. The molecule has 0 aliphatic rings. The summed E-state index contributed by atoms with van der Waals surface area (Å²) >= 11 is 0. The molecule has 0 fully saturated rings. The summed E-state index contributed by atoms with van der Waals surface area (Å²) in [6.07, 6.45) is 0. The van der Waals surface area contributed by atoms with Crippen molar-refractivity contribution in [3.63, 3.8) is 0 Å². The number of rotatable bonds is 2. The van der Waals surface area contributed by atoms with E-state index in [1.165, 1.54) is 0 Å². The van der Waals surface area contributed by atoms with Gasteiger partial charge >= 0.3 is 20.8 Å². The molecule has 0 aliphatic carbocycles. The Morgan fingerprint density at radius 2 is 1.10 bits per heavy atom. The summed E-state index contributed by atoms with van der Waals surface area (Å²) in [5.74, 6) is 0. The smallest absolute Gasteiger partial charge is 0.176 e. The molecule has 5 nitrogen and oxygen atoms in total. The van der Waals surface area contributed by atoms with E-state index in [1.807, 2.05) is 0 Å².